The first kappa shape index (κ1) is 10.3. The third-order valence-electron chi connectivity index (χ3n) is 1.96. The van der Waals surface area contributed by atoms with Gasteiger partial charge < -0.3 is 5.73 Å². The Morgan fingerprint density at radius 2 is 2.31 bits per heavy atom. The molecule has 1 heterocycles. The predicted octanol–water partition coefficient (Wildman–Crippen LogP) is 2.57. The fraction of sp³-hybridized carbons (Fsp3) is 0.500. The van der Waals surface area contributed by atoms with Gasteiger partial charge in [0.25, 0.3) is 0 Å². The Morgan fingerprint density at radius 1 is 1.62 bits per heavy atom. The van der Waals surface area contributed by atoms with Crippen LogP contribution in [0.3, 0.4) is 0 Å². The summed E-state index contributed by atoms with van der Waals surface area (Å²) in [5, 5.41) is 2.09. The van der Waals surface area contributed by atoms with E-state index in [2.05, 4.69) is 37.2 Å². The van der Waals surface area contributed by atoms with Gasteiger partial charge in [-0.15, -0.1) is 11.3 Å². The Morgan fingerprint density at radius 3 is 2.77 bits per heavy atom. The molecule has 1 aromatic heterocycles. The van der Waals surface area contributed by atoms with E-state index in [0.717, 1.165) is 12.4 Å². The molecule has 1 rings (SSSR count). The van der Waals surface area contributed by atoms with Crippen molar-refractivity contribution in [2.45, 2.75) is 27.3 Å². The van der Waals surface area contributed by atoms with Gasteiger partial charge in [-0.2, -0.15) is 0 Å². The normalized spacial score (nSPS) is 12.5. The summed E-state index contributed by atoms with van der Waals surface area (Å²) in [5.74, 6) is 1.09. The maximum Gasteiger partial charge on any atom is 0.0967 e. The monoisotopic (exact) mass is 196 g/mol. The third kappa shape index (κ3) is 2.84. The first-order chi connectivity index (χ1) is 6.11. The van der Waals surface area contributed by atoms with Gasteiger partial charge in [-0.1, -0.05) is 13.8 Å². The number of nitrogens with zero attached hydrogens (tertiary/aromatic N) is 1. The zero-order valence-corrected chi connectivity index (χ0v) is 9.19. The Kier molecular flexibility index (Phi) is 3.48. The molecule has 0 aliphatic rings. The van der Waals surface area contributed by atoms with Gasteiger partial charge in [0.2, 0.25) is 0 Å². The number of amidine groups is 1. The van der Waals surface area contributed by atoms with Crippen molar-refractivity contribution < 1.29 is 0 Å². The number of rotatable bonds is 3. The van der Waals surface area contributed by atoms with Gasteiger partial charge in [0.1, 0.15) is 0 Å². The fourth-order valence-corrected chi connectivity index (χ4v) is 1.74. The minimum absolute atomic E-state index is 0.347. The van der Waals surface area contributed by atoms with E-state index in [0.29, 0.717) is 5.92 Å². The highest BCUT2D eigenvalue weighted by molar-refractivity contribution is 7.10. The molecule has 0 radical (unpaired) electrons. The molecule has 0 aliphatic carbocycles. The summed E-state index contributed by atoms with van der Waals surface area (Å²) in [5.41, 5.74) is 7.05. The van der Waals surface area contributed by atoms with Crippen LogP contribution in [-0.4, -0.2) is 5.84 Å². The molecule has 0 atom stereocenters. The van der Waals surface area contributed by atoms with Gasteiger partial charge >= 0.3 is 0 Å². The number of hydrogen-bond acceptors (Lipinski definition) is 2. The van der Waals surface area contributed by atoms with Crippen LogP contribution < -0.4 is 5.73 Å². The first-order valence-electron chi connectivity index (χ1n) is 4.44. The Balaban J connectivity index is 2.61. The Bertz CT molecular complexity index is 300. The van der Waals surface area contributed by atoms with E-state index < -0.39 is 0 Å². The summed E-state index contributed by atoms with van der Waals surface area (Å²) in [6, 6.07) is 2.11. The lowest BCUT2D eigenvalue weighted by atomic mass is 10.2. The van der Waals surface area contributed by atoms with Crippen molar-refractivity contribution in [2.75, 3.05) is 0 Å². The molecule has 0 aromatic carbocycles. The topological polar surface area (TPSA) is 38.4 Å². The zero-order chi connectivity index (χ0) is 9.84. The number of hydrogen-bond donors (Lipinski definition) is 1. The highest BCUT2D eigenvalue weighted by Gasteiger charge is 2.01. The molecular formula is C10H16N2S. The summed E-state index contributed by atoms with van der Waals surface area (Å²) in [7, 11) is 0. The smallest absolute Gasteiger partial charge is 0.0967 e. The molecule has 72 valence electrons. The van der Waals surface area contributed by atoms with Crippen LogP contribution in [0.15, 0.2) is 16.4 Å². The van der Waals surface area contributed by atoms with Crippen molar-refractivity contribution in [3.05, 3.63) is 21.9 Å². The van der Waals surface area contributed by atoms with Gasteiger partial charge in [0.15, 0.2) is 0 Å². The van der Waals surface area contributed by atoms with Crippen LogP contribution in [0.5, 0.6) is 0 Å². The van der Waals surface area contributed by atoms with Crippen LogP contribution in [0.4, 0.5) is 0 Å². The Hall–Kier alpha value is -0.830. The molecule has 1 aromatic rings. The van der Waals surface area contributed by atoms with E-state index in [1.54, 1.807) is 11.3 Å². The van der Waals surface area contributed by atoms with Gasteiger partial charge in [-0.3, -0.25) is 4.99 Å². The van der Waals surface area contributed by atoms with Crippen molar-refractivity contribution in [1.82, 2.24) is 0 Å². The van der Waals surface area contributed by atoms with Gasteiger partial charge in [0, 0.05) is 10.8 Å². The molecule has 0 fully saturated rings. The molecule has 0 unspecified atom stereocenters. The average Bonchev–Trinajstić information content (AvgIpc) is 2.47. The zero-order valence-electron chi connectivity index (χ0n) is 8.37. The van der Waals surface area contributed by atoms with Gasteiger partial charge in [0.05, 0.1) is 12.4 Å². The molecule has 13 heavy (non-hydrogen) atoms. The lowest BCUT2D eigenvalue weighted by Crippen LogP contribution is -2.18. The average molecular weight is 196 g/mol. The highest BCUT2D eigenvalue weighted by atomic mass is 32.1. The van der Waals surface area contributed by atoms with Crippen molar-refractivity contribution in [2.24, 2.45) is 16.6 Å². The second-order valence-electron chi connectivity index (χ2n) is 3.42. The summed E-state index contributed by atoms with van der Waals surface area (Å²) in [6.45, 7) is 6.95. The van der Waals surface area contributed by atoms with Crippen molar-refractivity contribution >= 4 is 17.2 Å². The summed E-state index contributed by atoms with van der Waals surface area (Å²) >= 11 is 1.74. The van der Waals surface area contributed by atoms with E-state index in [-0.39, 0.29) is 0 Å². The SMILES string of the molecule is Cc1ccsc1CN=C(N)C(C)C. The Labute approximate surface area is 83.5 Å². The molecule has 0 bridgehead atoms. The van der Waals surface area contributed by atoms with Gasteiger partial charge in [-0.05, 0) is 23.9 Å². The molecule has 2 nitrogen and oxygen atoms in total. The van der Waals surface area contributed by atoms with Crippen LogP contribution in [0.1, 0.15) is 24.3 Å². The van der Waals surface area contributed by atoms with Crippen LogP contribution in [0.2, 0.25) is 0 Å². The molecule has 0 saturated carbocycles. The van der Waals surface area contributed by atoms with E-state index in [1.807, 2.05) is 0 Å². The van der Waals surface area contributed by atoms with E-state index in [9.17, 15) is 0 Å². The third-order valence-corrected chi connectivity index (χ3v) is 2.97. The lowest BCUT2D eigenvalue weighted by Gasteiger charge is -2.03. The lowest BCUT2D eigenvalue weighted by molar-refractivity contribution is 0.856. The van der Waals surface area contributed by atoms with E-state index >= 15 is 0 Å². The predicted molar refractivity (Wildman–Crippen MR) is 59.2 cm³/mol. The summed E-state index contributed by atoms with van der Waals surface area (Å²) in [6.07, 6.45) is 0. The first-order valence-corrected chi connectivity index (χ1v) is 5.32. The standard InChI is InChI=1S/C10H16N2S/c1-7(2)10(11)12-6-9-8(3)4-5-13-9/h4-5,7H,6H2,1-3H3,(H2,11,12). The fourth-order valence-electron chi connectivity index (χ4n) is 0.912. The molecule has 0 spiro atoms. The molecule has 0 aliphatic heterocycles. The number of aryl methyl sites for hydroxylation is 1. The minimum atomic E-state index is 0.347. The van der Waals surface area contributed by atoms with Crippen molar-refractivity contribution in [3.63, 3.8) is 0 Å². The van der Waals surface area contributed by atoms with E-state index in [4.69, 9.17) is 5.73 Å². The quantitative estimate of drug-likeness (QED) is 0.585. The van der Waals surface area contributed by atoms with Crippen LogP contribution >= 0.6 is 11.3 Å². The second-order valence-corrected chi connectivity index (χ2v) is 4.42. The number of aliphatic imine (C=N–C) groups is 1. The largest absolute Gasteiger partial charge is 0.387 e. The maximum atomic E-state index is 5.74. The van der Waals surface area contributed by atoms with Crippen LogP contribution in [0.25, 0.3) is 0 Å². The highest BCUT2D eigenvalue weighted by Crippen LogP contribution is 2.16. The van der Waals surface area contributed by atoms with Crippen LogP contribution in [0, 0.1) is 12.8 Å². The second kappa shape index (κ2) is 4.42. The van der Waals surface area contributed by atoms with Gasteiger partial charge in [-0.25, -0.2) is 0 Å². The minimum Gasteiger partial charge on any atom is -0.387 e. The summed E-state index contributed by atoms with van der Waals surface area (Å²) in [4.78, 5) is 5.64. The molecule has 3 heteroatoms. The number of nitrogens with two attached hydrogens (primary N) is 1. The molecule has 0 saturated heterocycles. The summed E-state index contributed by atoms with van der Waals surface area (Å²) < 4.78 is 0. The van der Waals surface area contributed by atoms with Crippen molar-refractivity contribution in [3.8, 4) is 0 Å². The molecule has 2 N–H and O–H groups in total. The molecule has 0 amide bonds. The van der Waals surface area contributed by atoms with E-state index in [1.165, 1.54) is 10.4 Å². The molecular weight excluding hydrogens is 180 g/mol. The van der Waals surface area contributed by atoms with Crippen LogP contribution in [-0.2, 0) is 6.54 Å². The number of thiophene rings is 1. The van der Waals surface area contributed by atoms with Crippen molar-refractivity contribution in [1.29, 1.82) is 0 Å². The maximum absolute atomic E-state index is 5.74.